The summed E-state index contributed by atoms with van der Waals surface area (Å²) in [6, 6.07) is 11.7. The number of rotatable bonds is 4. The maximum atomic E-state index is 12.5. The van der Waals surface area contributed by atoms with E-state index in [1.165, 1.54) is 11.8 Å². The van der Waals surface area contributed by atoms with Gasteiger partial charge in [0.2, 0.25) is 0 Å². The van der Waals surface area contributed by atoms with Gasteiger partial charge in [0.25, 0.3) is 5.91 Å². The molecule has 130 valence electrons. The molecule has 0 atom stereocenters. The standard InChI is InChI=1S/C20H19N5O/c1-3-9-25-19-16(11-15-10-13(2)6-7-17(15)22-19)18(24-25)23-20(26)14-5-4-8-21-12-14/h4-8,10-12H,3,9H2,1-2H3,(H,23,24,26). The number of hydrogen-bond donors (Lipinski definition) is 1. The molecular weight excluding hydrogens is 326 g/mol. The van der Waals surface area contributed by atoms with Crippen LogP contribution in [0.15, 0.2) is 48.8 Å². The summed E-state index contributed by atoms with van der Waals surface area (Å²) in [6.45, 7) is 4.88. The van der Waals surface area contributed by atoms with Gasteiger partial charge in [-0.25, -0.2) is 9.67 Å². The monoisotopic (exact) mass is 345 g/mol. The van der Waals surface area contributed by atoms with Crippen LogP contribution < -0.4 is 5.32 Å². The number of carbonyl (C=O) groups is 1. The lowest BCUT2D eigenvalue weighted by molar-refractivity contribution is 0.102. The number of nitrogens with one attached hydrogen (secondary N) is 1. The molecule has 0 radical (unpaired) electrons. The Bertz CT molecular complexity index is 1100. The molecule has 0 spiro atoms. The Morgan fingerprint density at radius 2 is 2.12 bits per heavy atom. The zero-order valence-corrected chi connectivity index (χ0v) is 14.7. The van der Waals surface area contributed by atoms with Gasteiger partial charge >= 0.3 is 0 Å². The Labute approximate surface area is 150 Å². The molecule has 1 N–H and O–H groups in total. The molecule has 0 fully saturated rings. The highest BCUT2D eigenvalue weighted by Crippen LogP contribution is 2.27. The van der Waals surface area contributed by atoms with E-state index in [1.807, 2.05) is 22.9 Å². The maximum Gasteiger partial charge on any atom is 0.258 e. The first-order valence-corrected chi connectivity index (χ1v) is 8.65. The van der Waals surface area contributed by atoms with Crippen LogP contribution in [0.25, 0.3) is 21.9 Å². The van der Waals surface area contributed by atoms with Crippen LogP contribution in [0, 0.1) is 6.92 Å². The fourth-order valence-corrected chi connectivity index (χ4v) is 3.02. The molecule has 0 aliphatic rings. The van der Waals surface area contributed by atoms with Gasteiger partial charge in [-0.15, -0.1) is 0 Å². The first-order valence-electron chi connectivity index (χ1n) is 8.65. The highest BCUT2D eigenvalue weighted by Gasteiger charge is 2.16. The summed E-state index contributed by atoms with van der Waals surface area (Å²) in [4.78, 5) is 21.3. The summed E-state index contributed by atoms with van der Waals surface area (Å²) in [5, 5.41) is 9.37. The number of amides is 1. The second-order valence-corrected chi connectivity index (χ2v) is 6.32. The van der Waals surface area contributed by atoms with Gasteiger partial charge in [0.15, 0.2) is 11.5 Å². The molecule has 0 unspecified atom stereocenters. The van der Waals surface area contributed by atoms with Crippen LogP contribution in [0.1, 0.15) is 29.3 Å². The Morgan fingerprint density at radius 3 is 2.88 bits per heavy atom. The molecule has 0 aliphatic heterocycles. The molecule has 1 aromatic carbocycles. The number of carbonyl (C=O) groups excluding carboxylic acids is 1. The number of aromatic nitrogens is 4. The third-order valence-electron chi connectivity index (χ3n) is 4.26. The molecule has 4 aromatic rings. The lowest BCUT2D eigenvalue weighted by atomic mass is 10.1. The van der Waals surface area contributed by atoms with Crippen molar-refractivity contribution in [1.29, 1.82) is 0 Å². The van der Waals surface area contributed by atoms with E-state index >= 15 is 0 Å². The lowest BCUT2D eigenvalue weighted by Gasteiger charge is -2.03. The first-order chi connectivity index (χ1) is 12.7. The predicted molar refractivity (Wildman–Crippen MR) is 102 cm³/mol. The molecule has 1 amide bonds. The second-order valence-electron chi connectivity index (χ2n) is 6.32. The number of anilines is 1. The van der Waals surface area contributed by atoms with Crippen LogP contribution >= 0.6 is 0 Å². The lowest BCUT2D eigenvalue weighted by Crippen LogP contribution is -2.13. The Balaban J connectivity index is 1.83. The van der Waals surface area contributed by atoms with E-state index in [2.05, 4.69) is 35.3 Å². The van der Waals surface area contributed by atoms with E-state index in [-0.39, 0.29) is 5.91 Å². The summed E-state index contributed by atoms with van der Waals surface area (Å²) in [6.07, 6.45) is 4.11. The van der Waals surface area contributed by atoms with Crippen molar-refractivity contribution in [3.05, 3.63) is 59.9 Å². The largest absolute Gasteiger partial charge is 0.304 e. The second kappa shape index (κ2) is 6.55. The van der Waals surface area contributed by atoms with E-state index < -0.39 is 0 Å². The zero-order valence-electron chi connectivity index (χ0n) is 14.7. The van der Waals surface area contributed by atoms with Crippen LogP contribution in [0.2, 0.25) is 0 Å². The zero-order chi connectivity index (χ0) is 18.1. The average Bonchev–Trinajstić information content (AvgIpc) is 2.97. The molecule has 0 saturated carbocycles. The van der Waals surface area contributed by atoms with Crippen LogP contribution in [0.5, 0.6) is 0 Å². The smallest absolute Gasteiger partial charge is 0.258 e. The van der Waals surface area contributed by atoms with Gasteiger partial charge in [-0.1, -0.05) is 18.6 Å². The minimum absolute atomic E-state index is 0.231. The highest BCUT2D eigenvalue weighted by molar-refractivity contribution is 6.08. The molecule has 6 heteroatoms. The number of fused-ring (bicyclic) bond motifs is 2. The van der Waals surface area contributed by atoms with Crippen molar-refractivity contribution in [2.45, 2.75) is 26.8 Å². The van der Waals surface area contributed by atoms with Gasteiger partial charge in [-0.2, -0.15) is 5.10 Å². The average molecular weight is 345 g/mol. The SMILES string of the molecule is CCCn1nc(NC(=O)c2cccnc2)c2cc3cc(C)ccc3nc21. The highest BCUT2D eigenvalue weighted by atomic mass is 16.1. The van der Waals surface area contributed by atoms with Crippen molar-refractivity contribution >= 4 is 33.7 Å². The number of benzene rings is 1. The van der Waals surface area contributed by atoms with E-state index in [0.29, 0.717) is 11.4 Å². The third kappa shape index (κ3) is 2.90. The summed E-state index contributed by atoms with van der Waals surface area (Å²) in [5.74, 6) is 0.295. The summed E-state index contributed by atoms with van der Waals surface area (Å²) >= 11 is 0. The van der Waals surface area contributed by atoms with Crippen LogP contribution in [-0.2, 0) is 6.54 Å². The van der Waals surface area contributed by atoms with Crippen LogP contribution in [-0.4, -0.2) is 25.7 Å². The van der Waals surface area contributed by atoms with Gasteiger partial charge in [-0.3, -0.25) is 9.78 Å². The Morgan fingerprint density at radius 1 is 1.23 bits per heavy atom. The minimum Gasteiger partial charge on any atom is -0.304 e. The molecule has 0 bridgehead atoms. The van der Waals surface area contributed by atoms with Gasteiger partial charge < -0.3 is 5.32 Å². The van der Waals surface area contributed by atoms with Crippen molar-refractivity contribution < 1.29 is 4.79 Å². The van der Waals surface area contributed by atoms with Gasteiger partial charge in [-0.05, 0) is 43.7 Å². The van der Waals surface area contributed by atoms with Crippen molar-refractivity contribution in [1.82, 2.24) is 19.7 Å². The fraction of sp³-hybridized carbons (Fsp3) is 0.200. The number of hydrogen-bond acceptors (Lipinski definition) is 4. The quantitative estimate of drug-likeness (QED) is 0.608. The number of pyridine rings is 2. The van der Waals surface area contributed by atoms with E-state index in [9.17, 15) is 4.79 Å². The summed E-state index contributed by atoms with van der Waals surface area (Å²) in [5.41, 5.74) is 3.37. The molecule has 0 saturated heterocycles. The minimum atomic E-state index is -0.231. The van der Waals surface area contributed by atoms with Crippen molar-refractivity contribution in [3.63, 3.8) is 0 Å². The van der Waals surface area contributed by atoms with Gasteiger partial charge in [0, 0.05) is 24.3 Å². The first kappa shape index (κ1) is 16.2. The molecule has 6 nitrogen and oxygen atoms in total. The Hall–Kier alpha value is -3.28. The fourth-order valence-electron chi connectivity index (χ4n) is 3.02. The molecular formula is C20H19N5O. The molecule has 0 aliphatic carbocycles. The predicted octanol–water partition coefficient (Wildman–Crippen LogP) is 3.95. The van der Waals surface area contributed by atoms with E-state index in [0.717, 1.165) is 34.9 Å². The third-order valence-corrected chi connectivity index (χ3v) is 4.26. The normalized spacial score (nSPS) is 11.2. The molecule has 3 heterocycles. The summed E-state index contributed by atoms with van der Waals surface area (Å²) < 4.78 is 1.85. The summed E-state index contributed by atoms with van der Waals surface area (Å²) in [7, 11) is 0. The van der Waals surface area contributed by atoms with Crippen LogP contribution in [0.4, 0.5) is 5.82 Å². The molecule has 3 aromatic heterocycles. The Kier molecular flexibility index (Phi) is 4.08. The van der Waals surface area contributed by atoms with E-state index in [4.69, 9.17) is 4.98 Å². The molecule has 26 heavy (non-hydrogen) atoms. The molecule has 4 rings (SSSR count). The van der Waals surface area contributed by atoms with Crippen molar-refractivity contribution in [3.8, 4) is 0 Å². The van der Waals surface area contributed by atoms with Gasteiger partial charge in [0.05, 0.1) is 16.5 Å². The van der Waals surface area contributed by atoms with E-state index in [1.54, 1.807) is 18.3 Å². The number of aryl methyl sites for hydroxylation is 2. The van der Waals surface area contributed by atoms with Crippen LogP contribution in [0.3, 0.4) is 0 Å². The number of nitrogens with zero attached hydrogens (tertiary/aromatic N) is 4. The van der Waals surface area contributed by atoms with Crippen molar-refractivity contribution in [2.24, 2.45) is 0 Å². The topological polar surface area (TPSA) is 72.7 Å². The van der Waals surface area contributed by atoms with Crippen molar-refractivity contribution in [2.75, 3.05) is 5.32 Å². The maximum absolute atomic E-state index is 12.5. The van der Waals surface area contributed by atoms with Gasteiger partial charge in [0.1, 0.15) is 0 Å².